The number of carboxylic acids is 1. The first-order chi connectivity index (χ1) is 49.6. The van der Waals surface area contributed by atoms with Gasteiger partial charge in [0.05, 0.1) is 95.5 Å². The van der Waals surface area contributed by atoms with Gasteiger partial charge in [0.2, 0.25) is 0 Å². The van der Waals surface area contributed by atoms with Crippen molar-refractivity contribution in [3.63, 3.8) is 0 Å². The van der Waals surface area contributed by atoms with Gasteiger partial charge in [0.25, 0.3) is 5.79 Å². The maximum absolute atomic E-state index is 12.8. The molecule has 44 heteroatoms. The van der Waals surface area contributed by atoms with Crippen molar-refractivity contribution in [3.05, 3.63) is 0 Å². The molecule has 0 saturated carbocycles. The summed E-state index contributed by atoms with van der Waals surface area (Å²) in [5, 5.41) is 275. The lowest BCUT2D eigenvalue weighted by Crippen LogP contribution is -2.68. The number of aliphatic hydroxyl groups excluding tert-OH is 24. The van der Waals surface area contributed by atoms with E-state index in [2.05, 4.69) is 0 Å². The molecule has 46 atom stereocenters. The number of aliphatic carboxylic acids is 1. The predicted molar refractivity (Wildman–Crippen MR) is 327 cm³/mol. The minimum Gasteiger partial charge on any atom is -0.477 e. The highest BCUT2D eigenvalue weighted by Gasteiger charge is 2.61. The van der Waals surface area contributed by atoms with Gasteiger partial charge in [-0.2, -0.15) is 0 Å². The Morgan fingerprint density at radius 3 is 1.19 bits per heavy atom. The van der Waals surface area contributed by atoms with Gasteiger partial charge in [-0.05, 0) is 6.92 Å². The molecule has 0 spiro atoms. The molecule has 105 heavy (non-hydrogen) atoms. The first-order valence-corrected chi connectivity index (χ1v) is 34.5. The number of nitrogens with two attached hydrogens (primary N) is 1. The standard InChI is InChI=1S/C61H105NO43/c1-15-19(5)90-25(11-67)45(31(15)73)97-53-17(3)32(74)47(27(13-69)94-53)99-56-43(85)49(100-58-50(40(82)36(78)23(9-65)92-58)101-52-16(2)30(72)35(77)22(8-64)91-52)44(86)57(103-56)104-59-51(41(83)37(79)24(10-66)93-59)102-54-18(4)33(75)46(26(12-68)95-54)98-55-42(84)39(81)38(80)28(96-55)14-89-61(60(87)88)6-20(70)29(62)48(105-61)34(76)21(71)7-63/h15-59,63-86H,6-14,62H2,1-5H3,(H,87,88)/t15-,16+,17+,18?,19+,20-,21-,22?,23-,24?,25?,26+,27?,28?,29-,30?,31?,32?,33?,34-,35-,36-,37-,38+,39?,40?,41?,42+,43-,44+,45-,46-,47-,48?,49?,50?,51-,52+,53+,54+,55+,56-,57?,58?,59-,61-/m1/s1. The monoisotopic (exact) mass is 1540 g/mol. The van der Waals surface area contributed by atoms with E-state index in [4.69, 9.17) is 86.3 Å². The van der Waals surface area contributed by atoms with E-state index in [1.165, 1.54) is 20.8 Å². The average Bonchev–Trinajstić information content (AvgIpc) is 0.789. The predicted octanol–water partition coefficient (Wildman–Crippen LogP) is -15.3. The van der Waals surface area contributed by atoms with Gasteiger partial charge in [0, 0.05) is 30.1 Å². The Morgan fingerprint density at radius 2 is 0.733 bits per heavy atom. The molecule has 27 N–H and O–H groups in total. The van der Waals surface area contributed by atoms with Crippen molar-refractivity contribution in [3.8, 4) is 0 Å². The number of ether oxygens (including phenoxy) is 17. The zero-order chi connectivity index (χ0) is 77.4. The summed E-state index contributed by atoms with van der Waals surface area (Å²) in [4.78, 5) is 12.8. The fourth-order valence-corrected chi connectivity index (χ4v) is 14.2. The molecule has 44 nitrogen and oxygen atoms in total. The van der Waals surface area contributed by atoms with E-state index in [1.807, 2.05) is 0 Å². The van der Waals surface area contributed by atoms with Crippen LogP contribution in [0, 0.1) is 23.7 Å². The number of rotatable bonds is 27. The summed E-state index contributed by atoms with van der Waals surface area (Å²) < 4.78 is 101. The lowest BCUT2D eigenvalue weighted by molar-refractivity contribution is -0.435. The summed E-state index contributed by atoms with van der Waals surface area (Å²) in [5.41, 5.74) is 5.95. The van der Waals surface area contributed by atoms with Gasteiger partial charge < -0.3 is 214 Å². The number of carbonyl (C=O) groups is 1. The maximum atomic E-state index is 12.8. The van der Waals surface area contributed by atoms with E-state index in [1.54, 1.807) is 13.8 Å². The molecule has 0 aromatic carbocycles. The molecule has 0 amide bonds. The Morgan fingerprint density at radius 1 is 0.381 bits per heavy atom. The highest BCUT2D eigenvalue weighted by molar-refractivity contribution is 5.76. The summed E-state index contributed by atoms with van der Waals surface area (Å²) in [6.07, 6.45) is -76.9. The number of hydrogen-bond acceptors (Lipinski definition) is 43. The van der Waals surface area contributed by atoms with E-state index in [0.29, 0.717) is 0 Å². The summed E-state index contributed by atoms with van der Waals surface area (Å²) in [6, 6.07) is -1.56. The number of carboxylic acid groups (broad SMARTS) is 1. The largest absolute Gasteiger partial charge is 0.477 e. The van der Waals surface area contributed by atoms with Gasteiger partial charge in [-0.3, -0.25) is 0 Å². The van der Waals surface area contributed by atoms with E-state index in [9.17, 15) is 132 Å². The second-order valence-corrected chi connectivity index (χ2v) is 28.2. The smallest absolute Gasteiger partial charge is 0.364 e. The van der Waals surface area contributed by atoms with E-state index >= 15 is 0 Å². The molecule has 9 saturated heterocycles. The molecule has 9 heterocycles. The van der Waals surface area contributed by atoms with Gasteiger partial charge in [-0.1, -0.05) is 27.7 Å². The Bertz CT molecular complexity index is 2670. The van der Waals surface area contributed by atoms with E-state index in [-0.39, 0.29) is 0 Å². The van der Waals surface area contributed by atoms with Crippen LogP contribution in [0.3, 0.4) is 0 Å². The van der Waals surface area contributed by atoms with Gasteiger partial charge in [-0.15, -0.1) is 0 Å². The lowest BCUT2D eigenvalue weighted by atomic mass is 9.88. The van der Waals surface area contributed by atoms with Gasteiger partial charge in [-0.25, -0.2) is 4.79 Å². The minimum atomic E-state index is -2.93. The quantitative estimate of drug-likeness (QED) is 0.0363. The van der Waals surface area contributed by atoms with Crippen LogP contribution >= 0.6 is 0 Å². The van der Waals surface area contributed by atoms with Crippen LogP contribution in [0.15, 0.2) is 0 Å². The molecule has 0 aliphatic carbocycles. The van der Waals surface area contributed by atoms with Crippen LogP contribution in [0.1, 0.15) is 41.0 Å². The number of hydrogen-bond donors (Lipinski definition) is 26. The molecular formula is C61H105NO43. The topological polar surface area (TPSA) is 706 Å². The van der Waals surface area contributed by atoms with Crippen molar-refractivity contribution in [1.29, 1.82) is 0 Å². The summed E-state index contributed by atoms with van der Waals surface area (Å²) >= 11 is 0. The fraction of sp³-hybridized carbons (Fsp3) is 0.984. The zero-order valence-corrected chi connectivity index (χ0v) is 57.5. The molecule has 9 rings (SSSR count). The van der Waals surface area contributed by atoms with Crippen LogP contribution in [0.4, 0.5) is 0 Å². The molecule has 0 radical (unpaired) electrons. The molecule has 9 aliphatic rings. The van der Waals surface area contributed by atoms with E-state index in [0.717, 1.165) is 0 Å². The molecule has 0 aromatic heterocycles. The van der Waals surface area contributed by atoms with Crippen LogP contribution in [0.5, 0.6) is 0 Å². The first-order valence-electron chi connectivity index (χ1n) is 34.5. The van der Waals surface area contributed by atoms with Crippen LogP contribution in [-0.4, -0.2) is 444 Å². The second kappa shape index (κ2) is 36.7. The Labute approximate surface area is 598 Å². The molecule has 9 aliphatic heterocycles. The van der Waals surface area contributed by atoms with Crippen molar-refractivity contribution < 1.29 is 213 Å². The molecular weight excluding hydrogens is 1430 g/mol. The van der Waals surface area contributed by atoms with Crippen molar-refractivity contribution in [2.45, 2.75) is 299 Å². The molecule has 18 unspecified atom stereocenters. The minimum absolute atomic E-state index is 0.540. The third-order valence-corrected chi connectivity index (χ3v) is 21.2. The van der Waals surface area contributed by atoms with Crippen LogP contribution in [0.25, 0.3) is 0 Å². The van der Waals surface area contributed by atoms with Gasteiger partial charge in [0.1, 0.15) is 159 Å². The zero-order valence-electron chi connectivity index (χ0n) is 57.5. The highest BCUT2D eigenvalue weighted by Crippen LogP contribution is 2.42. The van der Waals surface area contributed by atoms with Crippen molar-refractivity contribution in [1.82, 2.24) is 0 Å². The Hall–Kier alpha value is -2.21. The summed E-state index contributed by atoms with van der Waals surface area (Å²) in [6.45, 7) is -0.583. The normalized spacial score (nSPS) is 52.3. The highest BCUT2D eigenvalue weighted by atomic mass is 16.8. The molecule has 612 valence electrons. The first kappa shape index (κ1) is 86.8. The van der Waals surface area contributed by atoms with Crippen LogP contribution in [0.2, 0.25) is 0 Å². The fourth-order valence-electron chi connectivity index (χ4n) is 14.2. The summed E-state index contributed by atoms with van der Waals surface area (Å²) in [7, 11) is 0. The van der Waals surface area contributed by atoms with Crippen molar-refractivity contribution in [2.75, 3.05) is 52.9 Å². The molecule has 0 bridgehead atoms. The lowest BCUT2D eigenvalue weighted by Gasteiger charge is -2.51. The van der Waals surface area contributed by atoms with Gasteiger partial charge >= 0.3 is 5.97 Å². The van der Waals surface area contributed by atoms with Gasteiger partial charge in [0.15, 0.2) is 50.3 Å². The molecule has 0 aromatic rings. The number of aliphatic hydroxyl groups is 24. The Balaban J connectivity index is 0.975. The second-order valence-electron chi connectivity index (χ2n) is 28.2. The maximum Gasteiger partial charge on any atom is 0.364 e. The summed E-state index contributed by atoms with van der Waals surface area (Å²) in [5.74, 6) is -9.27. The van der Waals surface area contributed by atoms with Crippen LogP contribution < -0.4 is 5.73 Å². The van der Waals surface area contributed by atoms with Crippen LogP contribution in [-0.2, 0) is 85.3 Å². The SMILES string of the molecule is CC1C(O)[C@H](O[C@@H]2OC(CO[C@]3(C(=O)O)C[C@@H](O)[C@@H](N)C([C@H](O)[C@H](O)CO)O3)[C@H](O)C(O)[C@@H]2O)[C@H](CO)O[C@H]1O[C@@H]1C(O)[C@H](O)C(CO)O[C@@H]1OC1O[C@@H](O[C@@H]2C(CO)O[C@@H](O[C@@H]3C(CO)O[C@@H](C)[C@@H](C)C3O)[C@@H](C)C2O)[C@H](O)C(OC2O[C@H](CO)[C@@H](O)C(O)C2O[C@@H]2OC(CO)[C@@H](O)C(O)[C@@H]2C)[C@@H]1O. The average molecular weight is 1540 g/mol. The Kier molecular flexibility index (Phi) is 30.4. The van der Waals surface area contributed by atoms with Crippen molar-refractivity contribution in [2.24, 2.45) is 29.4 Å². The van der Waals surface area contributed by atoms with E-state index < -0.39 is 346 Å². The van der Waals surface area contributed by atoms with Crippen molar-refractivity contribution >= 4 is 5.97 Å². The molecule has 9 fully saturated rings. The third-order valence-electron chi connectivity index (χ3n) is 21.2. The third kappa shape index (κ3) is 17.9.